The molecule has 0 amide bonds. The highest BCUT2D eigenvalue weighted by molar-refractivity contribution is 6.33. The maximum Gasteiger partial charge on any atom is 0.339 e. The van der Waals surface area contributed by atoms with E-state index in [-0.39, 0.29) is 28.1 Å². The highest BCUT2D eigenvalue weighted by Gasteiger charge is 2.18. The van der Waals surface area contributed by atoms with Crippen molar-refractivity contribution in [3.63, 3.8) is 0 Å². The van der Waals surface area contributed by atoms with Gasteiger partial charge in [0.05, 0.1) is 17.4 Å². The molecule has 0 spiro atoms. The molecule has 0 unspecified atom stereocenters. The Morgan fingerprint density at radius 1 is 1.50 bits per heavy atom. The van der Waals surface area contributed by atoms with Crippen LogP contribution >= 0.6 is 11.6 Å². The van der Waals surface area contributed by atoms with Crippen LogP contribution in [0.2, 0.25) is 5.02 Å². The van der Waals surface area contributed by atoms with Crippen molar-refractivity contribution in [1.82, 2.24) is 9.78 Å². The zero-order valence-corrected chi connectivity index (χ0v) is 11.8. The van der Waals surface area contributed by atoms with Crippen LogP contribution in [-0.4, -0.2) is 20.9 Å². The maximum atomic E-state index is 11.2. The SMILES string of the molecule is CC(C)n1cc(Oc2c(Cl)cc(N)cc2C(=O)O)cn1. The lowest BCUT2D eigenvalue weighted by atomic mass is 10.2. The summed E-state index contributed by atoms with van der Waals surface area (Å²) in [5.74, 6) is -0.699. The Labute approximate surface area is 120 Å². The molecule has 0 bridgehead atoms. The van der Waals surface area contributed by atoms with E-state index in [0.717, 1.165) is 0 Å². The van der Waals surface area contributed by atoms with Crippen LogP contribution in [0.15, 0.2) is 24.5 Å². The lowest BCUT2D eigenvalue weighted by Gasteiger charge is -2.10. The van der Waals surface area contributed by atoms with E-state index in [0.29, 0.717) is 5.75 Å². The first-order valence-corrected chi connectivity index (χ1v) is 6.30. The minimum Gasteiger partial charge on any atom is -0.478 e. The normalized spacial score (nSPS) is 10.8. The van der Waals surface area contributed by atoms with Gasteiger partial charge in [-0.25, -0.2) is 4.79 Å². The molecule has 2 rings (SSSR count). The number of benzene rings is 1. The second-order valence-electron chi connectivity index (χ2n) is 4.54. The lowest BCUT2D eigenvalue weighted by molar-refractivity contribution is 0.0694. The second kappa shape index (κ2) is 5.42. The van der Waals surface area contributed by atoms with Crippen molar-refractivity contribution in [1.29, 1.82) is 0 Å². The Balaban J connectivity index is 2.39. The summed E-state index contributed by atoms with van der Waals surface area (Å²) < 4.78 is 7.23. The van der Waals surface area contributed by atoms with Gasteiger partial charge in [-0.1, -0.05) is 11.6 Å². The Bertz CT molecular complexity index is 652. The quantitative estimate of drug-likeness (QED) is 0.845. The van der Waals surface area contributed by atoms with Crippen molar-refractivity contribution in [3.8, 4) is 11.5 Å². The van der Waals surface area contributed by atoms with Gasteiger partial charge in [-0.15, -0.1) is 0 Å². The first kappa shape index (κ1) is 14.2. The molecule has 0 saturated heterocycles. The molecule has 1 aromatic carbocycles. The van der Waals surface area contributed by atoms with Crippen LogP contribution in [0.3, 0.4) is 0 Å². The Hall–Kier alpha value is -2.21. The molecule has 0 saturated carbocycles. The number of nitrogens with two attached hydrogens (primary N) is 1. The van der Waals surface area contributed by atoms with Crippen LogP contribution in [0.25, 0.3) is 0 Å². The van der Waals surface area contributed by atoms with Crippen molar-refractivity contribution in [2.24, 2.45) is 0 Å². The topological polar surface area (TPSA) is 90.4 Å². The number of carbonyl (C=O) groups is 1. The minimum atomic E-state index is -1.16. The predicted octanol–water partition coefficient (Wildman–Crippen LogP) is 3.19. The Kier molecular flexibility index (Phi) is 3.85. The fourth-order valence-corrected chi connectivity index (χ4v) is 1.92. The van der Waals surface area contributed by atoms with E-state index in [1.807, 2.05) is 13.8 Å². The summed E-state index contributed by atoms with van der Waals surface area (Å²) in [4.78, 5) is 11.2. The first-order valence-electron chi connectivity index (χ1n) is 5.92. The van der Waals surface area contributed by atoms with Crippen molar-refractivity contribution >= 4 is 23.3 Å². The molecule has 2 aromatic rings. The van der Waals surface area contributed by atoms with Crippen molar-refractivity contribution in [3.05, 3.63) is 35.1 Å². The number of aromatic nitrogens is 2. The van der Waals surface area contributed by atoms with Crippen molar-refractivity contribution < 1.29 is 14.6 Å². The standard InChI is InChI=1S/C13H14ClN3O3/c1-7(2)17-6-9(5-16-17)20-12-10(13(18)19)3-8(15)4-11(12)14/h3-7H,15H2,1-2H3,(H,18,19). The minimum absolute atomic E-state index is 0.0525. The average molecular weight is 296 g/mol. The molecule has 106 valence electrons. The first-order chi connectivity index (χ1) is 9.38. The van der Waals surface area contributed by atoms with Gasteiger partial charge in [-0.2, -0.15) is 5.10 Å². The van der Waals surface area contributed by atoms with Gasteiger partial charge in [0.25, 0.3) is 0 Å². The summed E-state index contributed by atoms with van der Waals surface area (Å²) >= 11 is 6.00. The van der Waals surface area contributed by atoms with Crippen LogP contribution in [-0.2, 0) is 0 Å². The van der Waals surface area contributed by atoms with E-state index in [2.05, 4.69) is 5.10 Å². The van der Waals surface area contributed by atoms with Crippen LogP contribution < -0.4 is 10.5 Å². The van der Waals surface area contributed by atoms with Gasteiger partial charge >= 0.3 is 5.97 Å². The number of carboxylic acid groups (broad SMARTS) is 1. The van der Waals surface area contributed by atoms with E-state index in [1.54, 1.807) is 10.9 Å². The third-order valence-corrected chi connectivity index (χ3v) is 2.90. The largest absolute Gasteiger partial charge is 0.478 e. The number of ether oxygens (including phenoxy) is 1. The number of halogens is 1. The molecule has 0 aliphatic heterocycles. The monoisotopic (exact) mass is 295 g/mol. The van der Waals surface area contributed by atoms with Gasteiger partial charge in [0.15, 0.2) is 11.5 Å². The van der Waals surface area contributed by atoms with Gasteiger partial charge < -0.3 is 15.6 Å². The van der Waals surface area contributed by atoms with Gasteiger partial charge in [-0.3, -0.25) is 4.68 Å². The Morgan fingerprint density at radius 2 is 2.20 bits per heavy atom. The summed E-state index contributed by atoms with van der Waals surface area (Å²) in [5.41, 5.74) is 5.75. The van der Waals surface area contributed by atoms with Crippen LogP contribution in [0.1, 0.15) is 30.2 Å². The highest BCUT2D eigenvalue weighted by Crippen LogP contribution is 2.35. The molecule has 20 heavy (non-hydrogen) atoms. The van der Waals surface area contributed by atoms with E-state index in [4.69, 9.17) is 22.1 Å². The fourth-order valence-electron chi connectivity index (χ4n) is 1.65. The molecule has 0 aliphatic carbocycles. The third-order valence-electron chi connectivity index (χ3n) is 2.62. The average Bonchev–Trinajstić information content (AvgIpc) is 2.80. The summed E-state index contributed by atoms with van der Waals surface area (Å²) in [7, 11) is 0. The number of rotatable bonds is 4. The predicted molar refractivity (Wildman–Crippen MR) is 75.5 cm³/mol. The molecule has 1 aromatic heterocycles. The molecule has 6 nitrogen and oxygen atoms in total. The van der Waals surface area contributed by atoms with Crippen LogP contribution in [0.5, 0.6) is 11.5 Å². The summed E-state index contributed by atoms with van der Waals surface area (Å²) in [6, 6.07) is 2.92. The lowest BCUT2D eigenvalue weighted by Crippen LogP contribution is -2.02. The number of hydrogen-bond donors (Lipinski definition) is 2. The summed E-state index contributed by atoms with van der Waals surface area (Å²) in [6.45, 7) is 3.94. The Morgan fingerprint density at radius 3 is 2.75 bits per heavy atom. The number of hydrogen-bond acceptors (Lipinski definition) is 4. The van der Waals surface area contributed by atoms with Crippen molar-refractivity contribution in [2.45, 2.75) is 19.9 Å². The third kappa shape index (κ3) is 2.85. The van der Waals surface area contributed by atoms with Crippen molar-refractivity contribution in [2.75, 3.05) is 5.73 Å². The summed E-state index contributed by atoms with van der Waals surface area (Å²) in [5, 5.41) is 13.4. The maximum absolute atomic E-state index is 11.2. The summed E-state index contributed by atoms with van der Waals surface area (Å²) in [6.07, 6.45) is 3.17. The van der Waals surface area contributed by atoms with E-state index in [9.17, 15) is 9.90 Å². The molecular formula is C13H14ClN3O3. The number of nitrogens with zero attached hydrogens (tertiary/aromatic N) is 2. The van der Waals surface area contributed by atoms with Gasteiger partial charge in [0.1, 0.15) is 5.56 Å². The van der Waals surface area contributed by atoms with Crippen LogP contribution in [0, 0.1) is 0 Å². The van der Waals surface area contributed by atoms with Gasteiger partial charge in [0, 0.05) is 11.7 Å². The molecule has 7 heteroatoms. The number of anilines is 1. The number of carboxylic acids is 1. The number of nitrogen functional groups attached to an aromatic ring is 1. The molecule has 0 aliphatic rings. The zero-order chi connectivity index (χ0) is 14.9. The van der Waals surface area contributed by atoms with Gasteiger partial charge in [-0.05, 0) is 26.0 Å². The molecule has 1 heterocycles. The molecular weight excluding hydrogens is 282 g/mol. The molecule has 0 atom stereocenters. The fraction of sp³-hybridized carbons (Fsp3) is 0.231. The number of aromatic carboxylic acids is 1. The van der Waals surface area contributed by atoms with Gasteiger partial charge in [0.2, 0.25) is 0 Å². The zero-order valence-electron chi connectivity index (χ0n) is 11.0. The van der Waals surface area contributed by atoms with E-state index >= 15 is 0 Å². The second-order valence-corrected chi connectivity index (χ2v) is 4.94. The van der Waals surface area contributed by atoms with E-state index < -0.39 is 5.97 Å². The van der Waals surface area contributed by atoms with E-state index in [1.165, 1.54) is 18.3 Å². The molecule has 0 fully saturated rings. The highest BCUT2D eigenvalue weighted by atomic mass is 35.5. The van der Waals surface area contributed by atoms with Crippen LogP contribution in [0.4, 0.5) is 5.69 Å². The molecule has 0 radical (unpaired) electrons. The molecule has 3 N–H and O–H groups in total. The smallest absolute Gasteiger partial charge is 0.339 e.